The molecule has 2 aromatic rings. The molecule has 0 aliphatic carbocycles. The van der Waals surface area contributed by atoms with Crippen LogP contribution in [0.5, 0.6) is 0 Å². The summed E-state index contributed by atoms with van der Waals surface area (Å²) in [4.78, 5) is 11.2. The van der Waals surface area contributed by atoms with Crippen molar-refractivity contribution in [1.29, 1.82) is 0 Å². The SMILES string of the molecule is CCc1ccc2ncnc(N3CCCC3)c2c1. The van der Waals surface area contributed by atoms with Gasteiger partial charge in [0.1, 0.15) is 12.1 Å². The van der Waals surface area contributed by atoms with Crippen molar-refractivity contribution in [2.75, 3.05) is 18.0 Å². The van der Waals surface area contributed by atoms with Gasteiger partial charge in [0.25, 0.3) is 0 Å². The molecule has 0 bridgehead atoms. The average Bonchev–Trinajstić information content (AvgIpc) is 2.91. The molecule has 1 saturated heterocycles. The van der Waals surface area contributed by atoms with Crippen LogP contribution in [0.25, 0.3) is 10.9 Å². The van der Waals surface area contributed by atoms with Gasteiger partial charge in [0.2, 0.25) is 0 Å². The normalized spacial score (nSPS) is 15.7. The molecular formula is C14H17N3. The van der Waals surface area contributed by atoms with E-state index >= 15 is 0 Å². The summed E-state index contributed by atoms with van der Waals surface area (Å²) < 4.78 is 0. The van der Waals surface area contributed by atoms with E-state index in [1.807, 2.05) is 0 Å². The van der Waals surface area contributed by atoms with Gasteiger partial charge < -0.3 is 4.90 Å². The van der Waals surface area contributed by atoms with E-state index in [1.54, 1.807) is 6.33 Å². The van der Waals surface area contributed by atoms with Crippen LogP contribution in [0.2, 0.25) is 0 Å². The summed E-state index contributed by atoms with van der Waals surface area (Å²) >= 11 is 0. The lowest BCUT2D eigenvalue weighted by Gasteiger charge is -2.18. The lowest BCUT2D eigenvalue weighted by Crippen LogP contribution is -2.19. The molecule has 0 amide bonds. The van der Waals surface area contributed by atoms with E-state index < -0.39 is 0 Å². The highest BCUT2D eigenvalue weighted by Gasteiger charge is 2.16. The monoisotopic (exact) mass is 227 g/mol. The molecular weight excluding hydrogens is 210 g/mol. The molecule has 2 heterocycles. The summed E-state index contributed by atoms with van der Waals surface area (Å²) in [7, 11) is 0. The van der Waals surface area contributed by atoms with Crippen molar-refractivity contribution in [2.45, 2.75) is 26.2 Å². The van der Waals surface area contributed by atoms with E-state index in [0.717, 1.165) is 30.8 Å². The van der Waals surface area contributed by atoms with Crippen molar-refractivity contribution in [2.24, 2.45) is 0 Å². The van der Waals surface area contributed by atoms with Gasteiger partial charge >= 0.3 is 0 Å². The third-order valence-electron chi connectivity index (χ3n) is 3.49. The Morgan fingerprint density at radius 2 is 2.00 bits per heavy atom. The maximum atomic E-state index is 4.48. The van der Waals surface area contributed by atoms with Gasteiger partial charge in [0.15, 0.2) is 0 Å². The van der Waals surface area contributed by atoms with Gasteiger partial charge in [-0.15, -0.1) is 0 Å². The molecule has 1 aromatic carbocycles. The highest BCUT2D eigenvalue weighted by Crippen LogP contribution is 2.26. The molecule has 0 spiro atoms. The minimum absolute atomic E-state index is 1.05. The quantitative estimate of drug-likeness (QED) is 0.790. The summed E-state index contributed by atoms with van der Waals surface area (Å²) in [5.41, 5.74) is 2.41. The van der Waals surface area contributed by atoms with Crippen LogP contribution in [0.1, 0.15) is 25.3 Å². The second kappa shape index (κ2) is 4.32. The number of rotatable bonds is 2. The third-order valence-corrected chi connectivity index (χ3v) is 3.49. The third kappa shape index (κ3) is 1.86. The zero-order valence-corrected chi connectivity index (χ0v) is 10.2. The highest BCUT2D eigenvalue weighted by molar-refractivity contribution is 5.89. The maximum absolute atomic E-state index is 4.48. The fourth-order valence-corrected chi connectivity index (χ4v) is 2.49. The first-order chi connectivity index (χ1) is 8.38. The first-order valence-corrected chi connectivity index (χ1v) is 6.37. The van der Waals surface area contributed by atoms with E-state index in [1.165, 1.54) is 23.8 Å². The summed E-state index contributed by atoms with van der Waals surface area (Å²) in [6.07, 6.45) is 5.30. The van der Waals surface area contributed by atoms with Gasteiger partial charge in [-0.3, -0.25) is 0 Å². The summed E-state index contributed by atoms with van der Waals surface area (Å²) in [5, 5.41) is 1.20. The second-order valence-electron chi connectivity index (χ2n) is 4.60. The predicted octanol–water partition coefficient (Wildman–Crippen LogP) is 2.79. The number of anilines is 1. The first-order valence-electron chi connectivity index (χ1n) is 6.37. The fourth-order valence-electron chi connectivity index (χ4n) is 2.49. The molecule has 3 nitrogen and oxygen atoms in total. The summed E-state index contributed by atoms with van der Waals surface area (Å²) in [6, 6.07) is 6.50. The number of aryl methyl sites for hydroxylation is 1. The zero-order chi connectivity index (χ0) is 11.7. The molecule has 0 radical (unpaired) electrons. The summed E-state index contributed by atoms with van der Waals surface area (Å²) in [5.74, 6) is 1.11. The molecule has 1 aliphatic rings. The molecule has 1 aromatic heterocycles. The van der Waals surface area contributed by atoms with E-state index in [-0.39, 0.29) is 0 Å². The van der Waals surface area contributed by atoms with Crippen molar-refractivity contribution < 1.29 is 0 Å². The molecule has 3 heteroatoms. The Morgan fingerprint density at radius 3 is 2.76 bits per heavy atom. The van der Waals surface area contributed by atoms with Crippen LogP contribution in [0.15, 0.2) is 24.5 Å². The van der Waals surface area contributed by atoms with Crippen LogP contribution in [0.4, 0.5) is 5.82 Å². The van der Waals surface area contributed by atoms with Crippen molar-refractivity contribution in [3.05, 3.63) is 30.1 Å². The van der Waals surface area contributed by atoms with Crippen LogP contribution in [0.3, 0.4) is 0 Å². The Balaban J connectivity index is 2.15. The maximum Gasteiger partial charge on any atom is 0.139 e. The zero-order valence-electron chi connectivity index (χ0n) is 10.2. The van der Waals surface area contributed by atoms with E-state index in [0.29, 0.717) is 0 Å². The van der Waals surface area contributed by atoms with Gasteiger partial charge in [-0.05, 0) is 37.0 Å². The number of hydrogen-bond acceptors (Lipinski definition) is 3. The van der Waals surface area contributed by atoms with Crippen LogP contribution >= 0.6 is 0 Å². The minimum Gasteiger partial charge on any atom is -0.356 e. The molecule has 3 rings (SSSR count). The molecule has 0 atom stereocenters. The Bertz CT molecular complexity index is 530. The van der Waals surface area contributed by atoms with Crippen molar-refractivity contribution in [3.8, 4) is 0 Å². The Kier molecular flexibility index (Phi) is 2.67. The smallest absolute Gasteiger partial charge is 0.139 e. The second-order valence-corrected chi connectivity index (χ2v) is 4.60. The Labute approximate surface area is 101 Å². The van der Waals surface area contributed by atoms with Gasteiger partial charge in [0.05, 0.1) is 5.52 Å². The van der Waals surface area contributed by atoms with Gasteiger partial charge in [0, 0.05) is 18.5 Å². The molecule has 88 valence electrons. The van der Waals surface area contributed by atoms with Crippen LogP contribution in [-0.4, -0.2) is 23.1 Å². The largest absolute Gasteiger partial charge is 0.356 e. The molecule has 1 aliphatic heterocycles. The van der Waals surface area contributed by atoms with Crippen LogP contribution in [0, 0.1) is 0 Å². The van der Waals surface area contributed by atoms with Crippen LogP contribution in [-0.2, 0) is 6.42 Å². The van der Waals surface area contributed by atoms with Crippen LogP contribution < -0.4 is 4.90 Å². The number of nitrogens with zero attached hydrogens (tertiary/aromatic N) is 3. The van der Waals surface area contributed by atoms with E-state index in [9.17, 15) is 0 Å². The molecule has 1 fully saturated rings. The van der Waals surface area contributed by atoms with Gasteiger partial charge in [-0.2, -0.15) is 0 Å². The van der Waals surface area contributed by atoms with Crippen molar-refractivity contribution in [3.63, 3.8) is 0 Å². The number of hydrogen-bond donors (Lipinski definition) is 0. The molecule has 0 N–H and O–H groups in total. The minimum atomic E-state index is 1.05. The fraction of sp³-hybridized carbons (Fsp3) is 0.429. The van der Waals surface area contributed by atoms with Gasteiger partial charge in [-0.1, -0.05) is 13.0 Å². The number of aromatic nitrogens is 2. The van der Waals surface area contributed by atoms with Gasteiger partial charge in [-0.25, -0.2) is 9.97 Å². The number of fused-ring (bicyclic) bond motifs is 1. The standard InChI is InChI=1S/C14H17N3/c1-2-11-5-6-13-12(9-11)14(16-10-15-13)17-7-3-4-8-17/h5-6,9-10H,2-4,7-8H2,1H3. The molecule has 0 unspecified atom stereocenters. The molecule has 0 saturated carbocycles. The lowest BCUT2D eigenvalue weighted by molar-refractivity contribution is 0.939. The predicted molar refractivity (Wildman–Crippen MR) is 70.4 cm³/mol. The van der Waals surface area contributed by atoms with Crippen molar-refractivity contribution in [1.82, 2.24) is 9.97 Å². The Hall–Kier alpha value is -1.64. The first kappa shape index (κ1) is 10.5. The van der Waals surface area contributed by atoms with E-state index in [4.69, 9.17) is 0 Å². The lowest BCUT2D eigenvalue weighted by atomic mass is 10.1. The topological polar surface area (TPSA) is 29.0 Å². The highest BCUT2D eigenvalue weighted by atomic mass is 15.2. The van der Waals surface area contributed by atoms with E-state index in [2.05, 4.69) is 40.0 Å². The summed E-state index contributed by atoms with van der Waals surface area (Å²) in [6.45, 7) is 4.44. The number of benzene rings is 1. The molecule has 17 heavy (non-hydrogen) atoms. The average molecular weight is 227 g/mol. The Morgan fingerprint density at radius 1 is 1.18 bits per heavy atom. The van der Waals surface area contributed by atoms with Crippen molar-refractivity contribution >= 4 is 16.7 Å².